The molecule has 6 heteroatoms. The Morgan fingerprint density at radius 2 is 2.29 bits per heavy atom. The van der Waals surface area contributed by atoms with Gasteiger partial charge in [0.15, 0.2) is 5.82 Å². The molecular formula is C11H9BrN2O2S. The maximum Gasteiger partial charge on any atom is 0.339 e. The molecule has 88 valence electrons. The molecule has 0 atom stereocenters. The van der Waals surface area contributed by atoms with Gasteiger partial charge in [-0.15, -0.1) is 11.3 Å². The summed E-state index contributed by atoms with van der Waals surface area (Å²) in [6.45, 7) is 1.88. The molecule has 2 rings (SSSR count). The van der Waals surface area contributed by atoms with Crippen molar-refractivity contribution >= 4 is 33.2 Å². The summed E-state index contributed by atoms with van der Waals surface area (Å²) in [5.41, 5.74) is 0.735. The highest BCUT2D eigenvalue weighted by Crippen LogP contribution is 2.29. The summed E-state index contributed by atoms with van der Waals surface area (Å²) < 4.78 is 0.997. The number of halogens is 1. The van der Waals surface area contributed by atoms with Gasteiger partial charge >= 0.3 is 5.97 Å². The first-order chi connectivity index (χ1) is 8.11. The average Bonchev–Trinajstić information content (AvgIpc) is 2.75. The summed E-state index contributed by atoms with van der Waals surface area (Å²) >= 11 is 4.89. The molecule has 0 aliphatic rings. The maximum atomic E-state index is 10.9. The number of aromatic carboxylic acids is 1. The Morgan fingerprint density at radius 1 is 1.53 bits per heavy atom. The molecule has 0 saturated carbocycles. The summed E-state index contributed by atoms with van der Waals surface area (Å²) in [6.07, 6.45) is 1.95. The van der Waals surface area contributed by atoms with Crippen LogP contribution in [0, 0.1) is 0 Å². The fraction of sp³-hybridized carbons (Fsp3) is 0.182. The van der Waals surface area contributed by atoms with Gasteiger partial charge in [0.2, 0.25) is 0 Å². The zero-order valence-corrected chi connectivity index (χ0v) is 11.4. The molecule has 4 nitrogen and oxygen atoms in total. The molecule has 0 saturated heterocycles. The number of aryl methyl sites for hydroxylation is 1. The maximum absolute atomic E-state index is 10.9. The van der Waals surface area contributed by atoms with Crippen molar-refractivity contribution < 1.29 is 9.90 Å². The molecule has 2 aromatic heterocycles. The lowest BCUT2D eigenvalue weighted by Crippen LogP contribution is -2.06. The second kappa shape index (κ2) is 4.93. The second-order valence-electron chi connectivity index (χ2n) is 3.32. The molecule has 0 unspecified atom stereocenters. The predicted molar refractivity (Wildman–Crippen MR) is 69.4 cm³/mol. The Bertz CT molecular complexity index is 568. The summed E-state index contributed by atoms with van der Waals surface area (Å²) in [5.74, 6) is -0.414. The van der Waals surface area contributed by atoms with E-state index < -0.39 is 5.97 Å². The second-order valence-corrected chi connectivity index (χ2v) is 5.78. The van der Waals surface area contributed by atoms with Gasteiger partial charge in [-0.3, -0.25) is 0 Å². The Hall–Kier alpha value is -1.27. The SMILES string of the molecule is CCc1nc(-c2ccc(Br)s2)ncc1C(=O)O. The van der Waals surface area contributed by atoms with Crippen molar-refractivity contribution in [1.29, 1.82) is 0 Å². The molecule has 0 amide bonds. The number of carbonyl (C=O) groups is 1. The van der Waals surface area contributed by atoms with Crippen LogP contribution in [0.2, 0.25) is 0 Å². The van der Waals surface area contributed by atoms with Gasteiger partial charge in [-0.1, -0.05) is 6.92 Å². The third kappa shape index (κ3) is 2.53. The summed E-state index contributed by atoms with van der Waals surface area (Å²) in [7, 11) is 0. The molecule has 0 fully saturated rings. The molecule has 0 aliphatic carbocycles. The molecule has 0 bridgehead atoms. The van der Waals surface area contributed by atoms with Crippen molar-refractivity contribution in [2.75, 3.05) is 0 Å². The molecule has 0 radical (unpaired) electrons. The predicted octanol–water partition coefficient (Wildman–Crippen LogP) is 3.23. The van der Waals surface area contributed by atoms with Crippen LogP contribution in [0.25, 0.3) is 10.7 Å². The van der Waals surface area contributed by atoms with E-state index in [0.29, 0.717) is 17.9 Å². The van der Waals surface area contributed by atoms with E-state index in [4.69, 9.17) is 5.11 Å². The van der Waals surface area contributed by atoms with E-state index >= 15 is 0 Å². The normalized spacial score (nSPS) is 10.5. The molecule has 0 aromatic carbocycles. The van der Waals surface area contributed by atoms with Crippen LogP contribution < -0.4 is 0 Å². The highest BCUT2D eigenvalue weighted by molar-refractivity contribution is 9.11. The minimum Gasteiger partial charge on any atom is -0.478 e. The lowest BCUT2D eigenvalue weighted by Gasteiger charge is -2.03. The number of hydrogen-bond donors (Lipinski definition) is 1. The monoisotopic (exact) mass is 312 g/mol. The van der Waals surface area contributed by atoms with E-state index in [1.807, 2.05) is 19.1 Å². The van der Waals surface area contributed by atoms with Crippen LogP contribution in [0.3, 0.4) is 0 Å². The van der Waals surface area contributed by atoms with Gasteiger partial charge in [0.25, 0.3) is 0 Å². The zero-order chi connectivity index (χ0) is 12.4. The molecule has 17 heavy (non-hydrogen) atoms. The largest absolute Gasteiger partial charge is 0.478 e. The standard InChI is InChI=1S/C11H9BrN2O2S/c1-2-7-6(11(15)16)5-13-10(14-7)8-3-4-9(12)17-8/h3-5H,2H2,1H3,(H,15,16). The van der Waals surface area contributed by atoms with Crippen LogP contribution in [0.4, 0.5) is 0 Å². The third-order valence-corrected chi connectivity index (χ3v) is 3.85. The third-order valence-electron chi connectivity index (χ3n) is 2.23. The first-order valence-corrected chi connectivity index (χ1v) is 6.57. The molecule has 0 spiro atoms. The Labute approximate surface area is 110 Å². The van der Waals surface area contributed by atoms with Crippen LogP contribution in [-0.4, -0.2) is 21.0 Å². The highest BCUT2D eigenvalue weighted by Gasteiger charge is 2.13. The average molecular weight is 313 g/mol. The van der Waals surface area contributed by atoms with Gasteiger partial charge in [-0.05, 0) is 34.5 Å². The Kier molecular flexibility index (Phi) is 3.54. The van der Waals surface area contributed by atoms with Gasteiger partial charge in [-0.25, -0.2) is 14.8 Å². The van der Waals surface area contributed by atoms with Gasteiger partial charge < -0.3 is 5.11 Å². The number of nitrogens with zero attached hydrogens (tertiary/aromatic N) is 2. The van der Waals surface area contributed by atoms with E-state index in [-0.39, 0.29) is 5.56 Å². The molecule has 2 heterocycles. The minimum atomic E-state index is -0.985. The van der Waals surface area contributed by atoms with Crippen LogP contribution in [-0.2, 0) is 6.42 Å². The lowest BCUT2D eigenvalue weighted by molar-refractivity contribution is 0.0694. The van der Waals surface area contributed by atoms with Crippen LogP contribution in [0.15, 0.2) is 22.1 Å². The van der Waals surface area contributed by atoms with Crippen molar-refractivity contribution in [1.82, 2.24) is 9.97 Å². The summed E-state index contributed by atoms with van der Waals surface area (Å²) in [4.78, 5) is 20.3. The number of hydrogen-bond acceptors (Lipinski definition) is 4. The number of thiophene rings is 1. The number of carboxylic acid groups (broad SMARTS) is 1. The van der Waals surface area contributed by atoms with Crippen LogP contribution in [0.5, 0.6) is 0 Å². The minimum absolute atomic E-state index is 0.173. The zero-order valence-electron chi connectivity index (χ0n) is 8.98. The van der Waals surface area contributed by atoms with E-state index in [2.05, 4.69) is 25.9 Å². The fourth-order valence-corrected chi connectivity index (χ4v) is 2.75. The van der Waals surface area contributed by atoms with Crippen LogP contribution >= 0.6 is 27.3 Å². The van der Waals surface area contributed by atoms with E-state index in [0.717, 1.165) is 8.66 Å². The van der Waals surface area contributed by atoms with Crippen molar-refractivity contribution in [3.63, 3.8) is 0 Å². The molecule has 2 aromatic rings. The molecular weight excluding hydrogens is 304 g/mol. The van der Waals surface area contributed by atoms with Crippen molar-refractivity contribution in [2.24, 2.45) is 0 Å². The van der Waals surface area contributed by atoms with E-state index in [9.17, 15) is 4.79 Å². The summed E-state index contributed by atoms with van der Waals surface area (Å²) in [5, 5.41) is 8.98. The fourth-order valence-electron chi connectivity index (χ4n) is 1.42. The van der Waals surface area contributed by atoms with Crippen molar-refractivity contribution in [2.45, 2.75) is 13.3 Å². The first kappa shape index (κ1) is 12.2. The van der Waals surface area contributed by atoms with E-state index in [1.165, 1.54) is 17.5 Å². The van der Waals surface area contributed by atoms with E-state index in [1.54, 1.807) is 0 Å². The van der Waals surface area contributed by atoms with Gasteiger partial charge in [0.1, 0.15) is 0 Å². The summed E-state index contributed by atoms with van der Waals surface area (Å²) in [6, 6.07) is 3.82. The van der Waals surface area contributed by atoms with Gasteiger partial charge in [0, 0.05) is 6.20 Å². The molecule has 1 N–H and O–H groups in total. The topological polar surface area (TPSA) is 63.1 Å². The highest BCUT2D eigenvalue weighted by atomic mass is 79.9. The Balaban J connectivity index is 2.48. The molecule has 0 aliphatic heterocycles. The van der Waals surface area contributed by atoms with Gasteiger partial charge in [-0.2, -0.15) is 0 Å². The van der Waals surface area contributed by atoms with Crippen molar-refractivity contribution in [3.05, 3.63) is 33.4 Å². The Morgan fingerprint density at radius 3 is 2.82 bits per heavy atom. The van der Waals surface area contributed by atoms with Crippen molar-refractivity contribution in [3.8, 4) is 10.7 Å². The smallest absolute Gasteiger partial charge is 0.339 e. The quantitative estimate of drug-likeness (QED) is 0.945. The number of carboxylic acids is 1. The number of rotatable bonds is 3. The first-order valence-electron chi connectivity index (χ1n) is 4.96. The van der Waals surface area contributed by atoms with Crippen LogP contribution in [0.1, 0.15) is 23.0 Å². The number of aromatic nitrogens is 2. The van der Waals surface area contributed by atoms with Gasteiger partial charge in [0.05, 0.1) is 19.9 Å². The lowest BCUT2D eigenvalue weighted by atomic mass is 10.2.